The predicted octanol–water partition coefficient (Wildman–Crippen LogP) is 2.37. The summed E-state index contributed by atoms with van der Waals surface area (Å²) >= 11 is 0. The van der Waals surface area contributed by atoms with Crippen LogP contribution < -0.4 is 5.32 Å². The van der Waals surface area contributed by atoms with Gasteiger partial charge in [-0.1, -0.05) is 17.7 Å². The fourth-order valence-electron chi connectivity index (χ4n) is 2.13. The summed E-state index contributed by atoms with van der Waals surface area (Å²) in [7, 11) is 0. The van der Waals surface area contributed by atoms with E-state index in [1.165, 1.54) is 0 Å². The molecule has 0 saturated carbocycles. The molecule has 0 bridgehead atoms. The molecule has 0 saturated heterocycles. The first kappa shape index (κ1) is 16.2. The molecule has 110 valence electrons. The summed E-state index contributed by atoms with van der Waals surface area (Å²) < 4.78 is 0. The van der Waals surface area contributed by atoms with Gasteiger partial charge in [-0.05, 0) is 39.8 Å². The van der Waals surface area contributed by atoms with E-state index in [9.17, 15) is 9.59 Å². The summed E-state index contributed by atoms with van der Waals surface area (Å²) in [5.41, 5.74) is 1.47. The molecule has 0 aromatic heterocycles. The van der Waals surface area contributed by atoms with Crippen LogP contribution in [-0.2, 0) is 4.79 Å². The minimum absolute atomic E-state index is 0.0160. The van der Waals surface area contributed by atoms with E-state index in [-0.39, 0.29) is 17.4 Å². The highest BCUT2D eigenvalue weighted by Gasteiger charge is 2.23. The number of hydrogen-bond acceptors (Lipinski definition) is 2. The zero-order valence-electron chi connectivity index (χ0n) is 13.0. The molecule has 20 heavy (non-hydrogen) atoms. The highest BCUT2D eigenvalue weighted by molar-refractivity contribution is 5.94. The van der Waals surface area contributed by atoms with Crippen LogP contribution in [-0.4, -0.2) is 35.3 Å². The van der Waals surface area contributed by atoms with E-state index in [2.05, 4.69) is 5.32 Å². The smallest absolute Gasteiger partial charge is 0.251 e. The van der Waals surface area contributed by atoms with Crippen LogP contribution in [0, 0.1) is 6.92 Å². The number of hydrogen-bond donors (Lipinski definition) is 1. The maximum absolute atomic E-state index is 12.0. The van der Waals surface area contributed by atoms with E-state index in [0.717, 1.165) is 5.56 Å². The Morgan fingerprint density at radius 1 is 1.25 bits per heavy atom. The molecule has 0 fully saturated rings. The van der Waals surface area contributed by atoms with Gasteiger partial charge in [0.25, 0.3) is 5.91 Å². The van der Waals surface area contributed by atoms with Crippen molar-refractivity contribution in [3.63, 3.8) is 0 Å². The average molecular weight is 276 g/mol. The lowest BCUT2D eigenvalue weighted by molar-refractivity contribution is -0.133. The molecule has 4 nitrogen and oxygen atoms in total. The van der Waals surface area contributed by atoms with Crippen molar-refractivity contribution >= 4 is 11.8 Å². The van der Waals surface area contributed by atoms with Crippen LogP contribution >= 0.6 is 0 Å². The van der Waals surface area contributed by atoms with Crippen LogP contribution in [0.5, 0.6) is 0 Å². The van der Waals surface area contributed by atoms with Crippen molar-refractivity contribution in [2.45, 2.75) is 40.2 Å². The van der Waals surface area contributed by atoms with Gasteiger partial charge in [-0.3, -0.25) is 9.59 Å². The van der Waals surface area contributed by atoms with Crippen molar-refractivity contribution in [3.05, 3.63) is 35.4 Å². The van der Waals surface area contributed by atoms with Gasteiger partial charge in [0.05, 0.1) is 0 Å². The second-order valence-corrected chi connectivity index (χ2v) is 5.97. The van der Waals surface area contributed by atoms with Gasteiger partial charge in [0.1, 0.15) is 0 Å². The molecule has 1 aromatic rings. The second-order valence-electron chi connectivity index (χ2n) is 5.97. The monoisotopic (exact) mass is 276 g/mol. The average Bonchev–Trinajstić information content (AvgIpc) is 2.32. The number of rotatable bonds is 4. The van der Waals surface area contributed by atoms with Gasteiger partial charge in [-0.2, -0.15) is 0 Å². The molecule has 0 aliphatic rings. The molecule has 0 aliphatic carbocycles. The van der Waals surface area contributed by atoms with Crippen LogP contribution in [0.25, 0.3) is 0 Å². The van der Waals surface area contributed by atoms with E-state index >= 15 is 0 Å². The lowest BCUT2D eigenvalue weighted by atomic mass is 10.1. The Morgan fingerprint density at radius 2 is 1.90 bits per heavy atom. The fourth-order valence-corrected chi connectivity index (χ4v) is 2.13. The van der Waals surface area contributed by atoms with Gasteiger partial charge in [-0.15, -0.1) is 0 Å². The first-order chi connectivity index (χ1) is 9.21. The van der Waals surface area contributed by atoms with Gasteiger partial charge in [0.2, 0.25) is 5.91 Å². The number of nitrogens with one attached hydrogen (secondary N) is 1. The van der Waals surface area contributed by atoms with Crippen molar-refractivity contribution in [2.24, 2.45) is 0 Å². The Bertz CT molecular complexity index is 489. The van der Waals surface area contributed by atoms with Gasteiger partial charge in [-0.25, -0.2) is 0 Å². The minimum atomic E-state index is -0.236. The largest absolute Gasteiger partial charge is 0.350 e. The van der Waals surface area contributed by atoms with E-state index in [1.54, 1.807) is 17.9 Å². The maximum Gasteiger partial charge on any atom is 0.251 e. The van der Waals surface area contributed by atoms with Crippen molar-refractivity contribution in [1.29, 1.82) is 0 Å². The number of carbonyl (C=O) groups excluding carboxylic acids is 2. The molecule has 0 radical (unpaired) electrons. The predicted molar refractivity (Wildman–Crippen MR) is 80.7 cm³/mol. The lowest BCUT2D eigenvalue weighted by Crippen LogP contribution is -2.48. The van der Waals surface area contributed by atoms with Crippen LogP contribution in [0.4, 0.5) is 0 Å². The van der Waals surface area contributed by atoms with Gasteiger partial charge in [0, 0.05) is 31.1 Å². The first-order valence-corrected chi connectivity index (χ1v) is 6.85. The second kappa shape index (κ2) is 6.55. The summed E-state index contributed by atoms with van der Waals surface area (Å²) in [5.74, 6) is -0.0894. The van der Waals surface area contributed by atoms with Crippen molar-refractivity contribution < 1.29 is 9.59 Å². The number of nitrogens with zero attached hydrogens (tertiary/aromatic N) is 1. The molecule has 4 heteroatoms. The summed E-state index contributed by atoms with van der Waals surface area (Å²) in [4.78, 5) is 25.3. The minimum Gasteiger partial charge on any atom is -0.350 e. The van der Waals surface area contributed by atoms with E-state index in [4.69, 9.17) is 0 Å². The molecule has 0 spiro atoms. The highest BCUT2D eigenvalue weighted by atomic mass is 16.2. The van der Waals surface area contributed by atoms with Crippen LogP contribution in [0.1, 0.15) is 43.6 Å². The van der Waals surface area contributed by atoms with Crippen molar-refractivity contribution in [3.8, 4) is 0 Å². The first-order valence-electron chi connectivity index (χ1n) is 6.85. The Hall–Kier alpha value is -1.84. The SMILES string of the molecule is CC(=O)N(CCNC(=O)c1cccc(C)c1)C(C)(C)C. The number of benzene rings is 1. The maximum atomic E-state index is 12.0. The molecular formula is C16H24N2O2. The third kappa shape index (κ3) is 4.68. The highest BCUT2D eigenvalue weighted by Crippen LogP contribution is 2.12. The van der Waals surface area contributed by atoms with Crippen molar-refractivity contribution in [2.75, 3.05) is 13.1 Å². The standard InChI is InChI=1S/C16H24N2O2/c1-12-7-6-8-14(11-12)15(20)17-9-10-18(13(2)19)16(3,4)5/h6-8,11H,9-10H2,1-5H3,(H,17,20). The molecule has 1 N–H and O–H groups in total. The summed E-state index contributed by atoms with van der Waals surface area (Å²) in [6, 6.07) is 7.45. The van der Waals surface area contributed by atoms with Crippen molar-refractivity contribution in [1.82, 2.24) is 10.2 Å². The third-order valence-corrected chi connectivity index (χ3v) is 3.09. The molecule has 1 rings (SSSR count). The number of aryl methyl sites for hydroxylation is 1. The summed E-state index contributed by atoms with van der Waals surface area (Å²) in [6.45, 7) is 10.4. The summed E-state index contributed by atoms with van der Waals surface area (Å²) in [6.07, 6.45) is 0. The Balaban J connectivity index is 2.55. The molecule has 2 amide bonds. The lowest BCUT2D eigenvalue weighted by Gasteiger charge is -2.35. The molecule has 0 atom stereocenters. The quantitative estimate of drug-likeness (QED) is 0.918. The Kier molecular flexibility index (Phi) is 5.31. The zero-order valence-corrected chi connectivity index (χ0v) is 13.0. The molecule has 0 aliphatic heterocycles. The molecule has 1 aromatic carbocycles. The van der Waals surface area contributed by atoms with Gasteiger partial charge >= 0.3 is 0 Å². The van der Waals surface area contributed by atoms with Crippen LogP contribution in [0.2, 0.25) is 0 Å². The van der Waals surface area contributed by atoms with Crippen LogP contribution in [0.3, 0.4) is 0 Å². The number of carbonyl (C=O) groups is 2. The van der Waals surface area contributed by atoms with E-state index in [1.807, 2.05) is 45.9 Å². The molecule has 0 heterocycles. The topological polar surface area (TPSA) is 49.4 Å². The third-order valence-electron chi connectivity index (χ3n) is 3.09. The number of amides is 2. The normalized spacial score (nSPS) is 11.1. The van der Waals surface area contributed by atoms with Crippen LogP contribution in [0.15, 0.2) is 24.3 Å². The van der Waals surface area contributed by atoms with E-state index in [0.29, 0.717) is 18.7 Å². The Labute approximate surface area is 121 Å². The van der Waals surface area contributed by atoms with Gasteiger partial charge in [0.15, 0.2) is 0 Å². The molecule has 0 unspecified atom stereocenters. The molecular weight excluding hydrogens is 252 g/mol. The summed E-state index contributed by atoms with van der Waals surface area (Å²) in [5, 5.41) is 2.85. The van der Waals surface area contributed by atoms with E-state index < -0.39 is 0 Å². The fraction of sp³-hybridized carbons (Fsp3) is 0.500. The van der Waals surface area contributed by atoms with Gasteiger partial charge < -0.3 is 10.2 Å². The Morgan fingerprint density at radius 3 is 2.40 bits per heavy atom. The zero-order chi connectivity index (χ0) is 15.3.